The summed E-state index contributed by atoms with van der Waals surface area (Å²) in [5, 5.41) is 9.36. The second-order valence-corrected chi connectivity index (χ2v) is 13.9. The van der Waals surface area contributed by atoms with Gasteiger partial charge in [-0.2, -0.15) is 0 Å². The molecular formula is C35H43N3O5S. The van der Waals surface area contributed by atoms with Crippen molar-refractivity contribution >= 4 is 40.9 Å². The topological polar surface area (TPSA) is 90.4 Å². The Morgan fingerprint density at radius 2 is 1.61 bits per heavy atom. The van der Waals surface area contributed by atoms with Crippen molar-refractivity contribution in [3.8, 4) is 5.75 Å². The van der Waals surface area contributed by atoms with Gasteiger partial charge in [0.25, 0.3) is 5.91 Å². The number of carbonyl (C=O) groups excluding carboxylic acids is 3. The van der Waals surface area contributed by atoms with E-state index in [0.717, 1.165) is 18.5 Å². The normalized spacial score (nSPS) is 26.8. The third-order valence-electron chi connectivity index (χ3n) is 9.44. The van der Waals surface area contributed by atoms with E-state index in [-0.39, 0.29) is 30.9 Å². The molecule has 5 rings (SSSR count). The maximum atomic E-state index is 14.8. The van der Waals surface area contributed by atoms with Crippen LogP contribution in [0, 0.1) is 11.8 Å². The van der Waals surface area contributed by atoms with Gasteiger partial charge in [-0.05, 0) is 75.4 Å². The molecule has 3 heterocycles. The van der Waals surface area contributed by atoms with Crippen molar-refractivity contribution < 1.29 is 24.2 Å². The Morgan fingerprint density at radius 3 is 2.23 bits per heavy atom. The number of para-hydroxylation sites is 1. The molecule has 5 atom stereocenters. The zero-order valence-corrected chi connectivity index (χ0v) is 26.5. The molecule has 3 aliphatic heterocycles. The van der Waals surface area contributed by atoms with E-state index in [1.54, 1.807) is 45.7 Å². The van der Waals surface area contributed by atoms with Crippen molar-refractivity contribution in [2.24, 2.45) is 11.8 Å². The summed E-state index contributed by atoms with van der Waals surface area (Å²) in [5.41, 5.74) is 1.46. The Bertz CT molecular complexity index is 1380. The molecule has 8 nitrogen and oxygen atoms in total. The van der Waals surface area contributed by atoms with E-state index in [1.165, 1.54) is 0 Å². The molecule has 3 fully saturated rings. The van der Waals surface area contributed by atoms with Gasteiger partial charge in [-0.25, -0.2) is 0 Å². The Balaban J connectivity index is 1.56. The van der Waals surface area contributed by atoms with Gasteiger partial charge in [-0.3, -0.25) is 14.4 Å². The molecule has 0 aromatic heterocycles. The first kappa shape index (κ1) is 31.9. The Labute approximate surface area is 264 Å². The molecule has 3 saturated heterocycles. The van der Waals surface area contributed by atoms with Crippen molar-refractivity contribution in [1.82, 2.24) is 4.90 Å². The number of ether oxygens (including phenoxy) is 1. The summed E-state index contributed by atoms with van der Waals surface area (Å²) in [7, 11) is 1.60. The highest BCUT2D eigenvalue weighted by Gasteiger charge is 2.77. The summed E-state index contributed by atoms with van der Waals surface area (Å²) >= 11 is 1.67. The maximum Gasteiger partial charge on any atom is 0.251 e. The highest BCUT2D eigenvalue weighted by Crippen LogP contribution is 2.71. The van der Waals surface area contributed by atoms with E-state index < -0.39 is 27.4 Å². The quantitative estimate of drug-likeness (QED) is 0.235. The van der Waals surface area contributed by atoms with Crippen molar-refractivity contribution in [1.29, 1.82) is 0 Å². The van der Waals surface area contributed by atoms with E-state index >= 15 is 0 Å². The van der Waals surface area contributed by atoms with Crippen LogP contribution < -0.4 is 14.5 Å². The SMILES string of the molecule is C=CCN(C(=O)C1N(CCCCCO)C(=O)[C@@H]2[C@@H](C(=O)N(CC=C)c3ccccc3)[C@@]3(C)CCC12S3)c1ccc(OC)cc1. The van der Waals surface area contributed by atoms with Gasteiger partial charge in [0, 0.05) is 42.4 Å². The summed E-state index contributed by atoms with van der Waals surface area (Å²) in [6.07, 6.45) is 6.85. The van der Waals surface area contributed by atoms with Crippen LogP contribution in [0.2, 0.25) is 0 Å². The average Bonchev–Trinajstić information content (AvgIpc) is 3.61. The minimum Gasteiger partial charge on any atom is -0.497 e. The first-order chi connectivity index (χ1) is 21.3. The van der Waals surface area contributed by atoms with Crippen LogP contribution in [0.5, 0.6) is 5.75 Å². The van der Waals surface area contributed by atoms with Gasteiger partial charge in [0.15, 0.2) is 0 Å². The largest absolute Gasteiger partial charge is 0.497 e. The van der Waals surface area contributed by atoms with Gasteiger partial charge in [0.1, 0.15) is 11.8 Å². The lowest BCUT2D eigenvalue weighted by atomic mass is 9.66. The van der Waals surface area contributed by atoms with E-state index in [0.29, 0.717) is 43.8 Å². The number of methoxy groups -OCH3 is 1. The molecule has 3 aliphatic rings. The third-order valence-corrected chi connectivity index (χ3v) is 11.4. The number of aliphatic hydroxyl groups is 1. The second kappa shape index (κ2) is 13.2. The molecule has 3 amide bonds. The lowest BCUT2D eigenvalue weighted by Gasteiger charge is -2.38. The monoisotopic (exact) mass is 617 g/mol. The molecule has 1 spiro atoms. The predicted octanol–water partition coefficient (Wildman–Crippen LogP) is 5.08. The molecule has 2 bridgehead atoms. The zero-order valence-electron chi connectivity index (χ0n) is 25.7. The van der Waals surface area contributed by atoms with Gasteiger partial charge >= 0.3 is 0 Å². The molecule has 0 aliphatic carbocycles. The summed E-state index contributed by atoms with van der Waals surface area (Å²) in [5.74, 6) is -0.909. The van der Waals surface area contributed by atoms with Gasteiger partial charge in [-0.15, -0.1) is 24.9 Å². The van der Waals surface area contributed by atoms with Gasteiger partial charge < -0.3 is 24.5 Å². The standard InChI is InChI=1S/C35H43N3O5S/c1-5-21-36(25-13-9-7-10-14-25)31(40)28-29-32(41)38(23-11-8-12-24-39)30(35(29)20-19-34(28,3)44-35)33(42)37(22-6-2)26-15-17-27(43-4)18-16-26/h5-7,9-10,13-18,28-30,39H,1-2,8,11-12,19-24H2,3-4H3/t28-,29-,30?,34+,35?/m0/s1. The number of fused-ring (bicyclic) bond motifs is 1. The molecule has 0 saturated carbocycles. The van der Waals surface area contributed by atoms with Crippen LogP contribution in [0.25, 0.3) is 0 Å². The van der Waals surface area contributed by atoms with Gasteiger partial charge in [0.2, 0.25) is 11.8 Å². The molecule has 0 radical (unpaired) electrons. The smallest absolute Gasteiger partial charge is 0.251 e. The number of carbonyl (C=O) groups is 3. The average molecular weight is 618 g/mol. The van der Waals surface area contributed by atoms with Crippen molar-refractivity contribution in [3.63, 3.8) is 0 Å². The van der Waals surface area contributed by atoms with Crippen LogP contribution in [0.3, 0.4) is 0 Å². The highest BCUT2D eigenvalue weighted by atomic mass is 32.2. The lowest BCUT2D eigenvalue weighted by molar-refractivity contribution is -0.139. The van der Waals surface area contributed by atoms with Crippen LogP contribution >= 0.6 is 11.8 Å². The fraction of sp³-hybridized carbons (Fsp3) is 0.457. The first-order valence-corrected chi connectivity index (χ1v) is 16.2. The van der Waals surface area contributed by atoms with Gasteiger partial charge in [0.05, 0.1) is 23.7 Å². The molecular weight excluding hydrogens is 574 g/mol. The minimum absolute atomic E-state index is 0.0802. The minimum atomic E-state index is -0.733. The first-order valence-electron chi connectivity index (χ1n) is 15.4. The predicted molar refractivity (Wildman–Crippen MR) is 176 cm³/mol. The number of hydrogen-bond donors (Lipinski definition) is 1. The van der Waals surface area contributed by atoms with Crippen LogP contribution in [0.15, 0.2) is 79.9 Å². The summed E-state index contributed by atoms with van der Waals surface area (Å²) < 4.78 is 4.11. The zero-order chi connectivity index (χ0) is 31.5. The van der Waals surface area contributed by atoms with Gasteiger partial charge in [-0.1, -0.05) is 30.4 Å². The van der Waals surface area contributed by atoms with Crippen LogP contribution in [0.1, 0.15) is 39.0 Å². The van der Waals surface area contributed by atoms with Crippen molar-refractivity contribution in [3.05, 3.63) is 79.9 Å². The molecule has 234 valence electrons. The number of likely N-dealkylation sites (tertiary alicyclic amines) is 1. The molecule has 44 heavy (non-hydrogen) atoms. The molecule has 1 N–H and O–H groups in total. The van der Waals surface area contributed by atoms with Crippen LogP contribution in [-0.4, -0.2) is 76.6 Å². The number of anilines is 2. The number of aliphatic hydroxyl groups excluding tert-OH is 1. The van der Waals surface area contributed by atoms with E-state index in [9.17, 15) is 19.5 Å². The fourth-order valence-electron chi connectivity index (χ4n) is 7.48. The Morgan fingerprint density at radius 1 is 0.977 bits per heavy atom. The van der Waals surface area contributed by atoms with Crippen molar-refractivity contribution in [2.75, 3.05) is 43.2 Å². The summed E-state index contributed by atoms with van der Waals surface area (Å²) in [6, 6.07) is 16.1. The number of benzene rings is 2. The van der Waals surface area contributed by atoms with E-state index in [4.69, 9.17) is 4.74 Å². The van der Waals surface area contributed by atoms with Crippen LogP contribution in [-0.2, 0) is 14.4 Å². The number of nitrogens with zero attached hydrogens (tertiary/aromatic N) is 3. The maximum absolute atomic E-state index is 14.8. The Kier molecular flexibility index (Phi) is 9.56. The second-order valence-electron chi connectivity index (χ2n) is 12.1. The van der Waals surface area contributed by atoms with E-state index in [2.05, 4.69) is 20.1 Å². The van der Waals surface area contributed by atoms with Crippen LogP contribution in [0.4, 0.5) is 11.4 Å². The number of amides is 3. The fourth-order valence-corrected chi connectivity index (χ4v) is 9.83. The van der Waals surface area contributed by atoms with Crippen molar-refractivity contribution in [2.45, 2.75) is 54.6 Å². The molecule has 2 aromatic carbocycles. The van der Waals surface area contributed by atoms with E-state index in [1.807, 2.05) is 54.6 Å². The number of rotatable bonds is 14. The lowest BCUT2D eigenvalue weighted by Crippen LogP contribution is -2.55. The summed E-state index contributed by atoms with van der Waals surface area (Å²) in [6.45, 7) is 11.0. The number of hydrogen-bond acceptors (Lipinski definition) is 6. The molecule has 2 unspecified atom stereocenters. The molecule has 9 heteroatoms. The third kappa shape index (κ3) is 5.45. The molecule has 2 aromatic rings. The Hall–Kier alpha value is -3.56. The number of unbranched alkanes of at least 4 members (excludes halogenated alkanes) is 2. The number of thioether (sulfide) groups is 1. The highest BCUT2D eigenvalue weighted by molar-refractivity contribution is 8.02. The summed E-state index contributed by atoms with van der Waals surface area (Å²) in [4.78, 5) is 49.1.